The molecule has 0 saturated carbocycles. The molecule has 0 unspecified atom stereocenters. The molecule has 16 heavy (non-hydrogen) atoms. The molecular formula is C8H6K2N2O4. The summed E-state index contributed by atoms with van der Waals surface area (Å²) in [7, 11) is 0. The van der Waals surface area contributed by atoms with Crippen molar-refractivity contribution in [3.05, 3.63) is 45.8 Å². The molecule has 0 aliphatic rings. The van der Waals surface area contributed by atoms with E-state index in [4.69, 9.17) is 0 Å². The molecule has 0 aliphatic heterocycles. The number of benzene rings is 1. The van der Waals surface area contributed by atoms with E-state index in [0.29, 0.717) is 0 Å². The second kappa shape index (κ2) is 10.3. The van der Waals surface area contributed by atoms with E-state index in [1.165, 1.54) is 24.3 Å². The summed E-state index contributed by atoms with van der Waals surface area (Å²) in [4.78, 5) is 21.9. The van der Waals surface area contributed by atoms with Crippen molar-refractivity contribution < 1.29 is 112 Å². The first-order valence-electron chi connectivity index (χ1n) is 3.64. The molecule has 0 bridgehead atoms. The van der Waals surface area contributed by atoms with Gasteiger partial charge in [-0.05, 0) is 12.1 Å². The maximum absolute atomic E-state index is 10.9. The van der Waals surface area contributed by atoms with Crippen LogP contribution in [0.1, 0.15) is 20.7 Å². The predicted molar refractivity (Wildman–Crippen MR) is 48.1 cm³/mol. The van der Waals surface area contributed by atoms with Gasteiger partial charge in [0.25, 0.3) is 0 Å². The van der Waals surface area contributed by atoms with Crippen molar-refractivity contribution >= 4 is 11.8 Å². The Morgan fingerprint density at radius 3 is 1.44 bits per heavy atom. The summed E-state index contributed by atoms with van der Waals surface area (Å²) >= 11 is 0. The number of hydrogen-bond acceptors (Lipinski definition) is 4. The van der Waals surface area contributed by atoms with Gasteiger partial charge in [-0.25, -0.2) is 0 Å². The number of rotatable bonds is 2. The Labute approximate surface area is 177 Å². The van der Waals surface area contributed by atoms with Crippen LogP contribution in [0.3, 0.4) is 0 Å². The zero-order valence-corrected chi connectivity index (χ0v) is 15.2. The van der Waals surface area contributed by atoms with E-state index in [2.05, 4.69) is 0 Å². The number of hydrogen-bond donors (Lipinski definition) is 2. The van der Waals surface area contributed by atoms with E-state index in [9.17, 15) is 20.0 Å². The van der Waals surface area contributed by atoms with Crippen LogP contribution in [0.5, 0.6) is 0 Å². The molecule has 0 heterocycles. The van der Waals surface area contributed by atoms with Crippen molar-refractivity contribution in [2.24, 2.45) is 0 Å². The van der Waals surface area contributed by atoms with Gasteiger partial charge in [-0.1, -0.05) is 12.1 Å². The molecule has 74 valence electrons. The Balaban J connectivity index is 0. The summed E-state index contributed by atoms with van der Waals surface area (Å²) in [5, 5.41) is 20.2. The Kier molecular flexibility index (Phi) is 12.7. The number of amides is 2. The van der Waals surface area contributed by atoms with Crippen LogP contribution in [0.25, 0.3) is 0 Å². The normalized spacial score (nSPS) is 8.12. The average Bonchev–Trinajstić information content (AvgIpc) is 2.27. The van der Waals surface area contributed by atoms with Crippen LogP contribution < -0.4 is 114 Å². The van der Waals surface area contributed by atoms with Crippen molar-refractivity contribution in [2.75, 3.05) is 0 Å². The first-order valence-corrected chi connectivity index (χ1v) is 3.64. The smallest absolute Gasteiger partial charge is 0.759 e. The van der Waals surface area contributed by atoms with Crippen molar-refractivity contribution in [1.29, 1.82) is 0 Å². The molecule has 2 N–H and O–H groups in total. The zero-order chi connectivity index (χ0) is 10.6. The molecule has 0 aromatic heterocycles. The average molecular weight is 272 g/mol. The predicted octanol–water partition coefficient (Wildman–Crippen LogP) is -5.85. The molecule has 6 nitrogen and oxygen atoms in total. The second-order valence-electron chi connectivity index (χ2n) is 2.41. The molecule has 1 aromatic carbocycles. The molecule has 0 fully saturated rings. The van der Waals surface area contributed by atoms with Gasteiger partial charge in [0.15, 0.2) is 0 Å². The topological polar surface area (TPSA) is 104 Å². The van der Waals surface area contributed by atoms with E-state index < -0.39 is 11.8 Å². The van der Waals surface area contributed by atoms with Crippen LogP contribution in [0.4, 0.5) is 0 Å². The Morgan fingerprint density at radius 1 is 0.875 bits per heavy atom. The van der Waals surface area contributed by atoms with Crippen LogP contribution in [-0.2, 0) is 0 Å². The fourth-order valence-corrected chi connectivity index (χ4v) is 0.989. The van der Waals surface area contributed by atoms with Crippen molar-refractivity contribution in [2.45, 2.75) is 0 Å². The number of hydroxylamine groups is 2. The van der Waals surface area contributed by atoms with E-state index in [1.54, 1.807) is 0 Å². The third kappa shape index (κ3) is 5.33. The van der Waals surface area contributed by atoms with E-state index in [-0.39, 0.29) is 114 Å². The van der Waals surface area contributed by atoms with E-state index in [1.807, 2.05) is 0 Å². The van der Waals surface area contributed by atoms with Gasteiger partial charge in [0.2, 0.25) is 11.8 Å². The minimum Gasteiger partial charge on any atom is -0.759 e. The summed E-state index contributed by atoms with van der Waals surface area (Å²) in [6.45, 7) is 0. The van der Waals surface area contributed by atoms with Gasteiger partial charge in [0.1, 0.15) is 0 Å². The van der Waals surface area contributed by atoms with Crippen molar-refractivity contribution in [3.63, 3.8) is 0 Å². The summed E-state index contributed by atoms with van der Waals surface area (Å²) in [6.07, 6.45) is 0. The fraction of sp³-hybridized carbons (Fsp3) is 0. The molecule has 2 amide bonds. The molecule has 1 aromatic rings. The van der Waals surface area contributed by atoms with E-state index >= 15 is 0 Å². The first-order chi connectivity index (χ1) is 6.70. The third-order valence-electron chi connectivity index (χ3n) is 1.60. The van der Waals surface area contributed by atoms with Crippen LogP contribution in [0, 0.1) is 10.4 Å². The standard InChI is InChI=1S/C8H6N2O4.2K/c11-7(9-13)5-3-1-2-4-6(5)8(12)10-14;;/h1-4H,(H2-2,9,10,11,12,13,14);;/q-2;2*+1. The van der Waals surface area contributed by atoms with Gasteiger partial charge >= 0.3 is 103 Å². The maximum atomic E-state index is 10.9. The zero-order valence-electron chi connectivity index (χ0n) is 8.94. The minimum atomic E-state index is -0.954. The maximum Gasteiger partial charge on any atom is 1.00 e. The molecule has 0 atom stereocenters. The largest absolute Gasteiger partial charge is 1.00 e. The molecule has 0 saturated heterocycles. The third-order valence-corrected chi connectivity index (χ3v) is 1.60. The van der Waals surface area contributed by atoms with Crippen LogP contribution in [-0.4, -0.2) is 11.8 Å². The number of carbonyl (C=O) groups is 2. The Morgan fingerprint density at radius 2 is 1.19 bits per heavy atom. The fourth-order valence-electron chi connectivity index (χ4n) is 0.989. The van der Waals surface area contributed by atoms with Gasteiger partial charge in [-0.2, -0.15) is 0 Å². The summed E-state index contributed by atoms with van der Waals surface area (Å²) in [5.74, 6) is -1.91. The summed E-state index contributed by atoms with van der Waals surface area (Å²) in [5.41, 5.74) is 2.00. The summed E-state index contributed by atoms with van der Waals surface area (Å²) < 4.78 is 0. The Bertz CT molecular complexity index is 338. The van der Waals surface area contributed by atoms with Gasteiger partial charge in [0, 0.05) is 0 Å². The number of carbonyl (C=O) groups excluding carboxylic acids is 2. The number of nitrogens with one attached hydrogen (secondary N) is 2. The van der Waals surface area contributed by atoms with Crippen LogP contribution >= 0.6 is 0 Å². The minimum absolute atomic E-state index is 0. The summed E-state index contributed by atoms with van der Waals surface area (Å²) in [6, 6.07) is 5.51. The molecule has 0 aliphatic carbocycles. The van der Waals surface area contributed by atoms with Gasteiger partial charge in [0.05, 0.1) is 11.1 Å². The molecule has 0 spiro atoms. The first kappa shape index (κ1) is 19.7. The van der Waals surface area contributed by atoms with Crippen molar-refractivity contribution in [1.82, 2.24) is 11.0 Å². The van der Waals surface area contributed by atoms with Crippen LogP contribution in [0.2, 0.25) is 0 Å². The van der Waals surface area contributed by atoms with Crippen LogP contribution in [0.15, 0.2) is 24.3 Å². The molecule has 8 heteroatoms. The quantitative estimate of drug-likeness (QED) is 0.413. The molecule has 1 rings (SSSR count). The Hall–Kier alpha value is 1.35. The SMILES string of the molecule is O=C(N[O-])c1ccccc1C(=O)N[O-].[K+].[K+]. The van der Waals surface area contributed by atoms with Gasteiger partial charge in [-0.3, -0.25) is 9.59 Å². The van der Waals surface area contributed by atoms with Gasteiger partial charge in [-0.15, -0.1) is 0 Å². The molecular weight excluding hydrogens is 266 g/mol. The molecule has 0 radical (unpaired) electrons. The second-order valence-corrected chi connectivity index (χ2v) is 2.41. The monoisotopic (exact) mass is 272 g/mol. The van der Waals surface area contributed by atoms with Gasteiger partial charge < -0.3 is 21.4 Å². The van der Waals surface area contributed by atoms with E-state index in [0.717, 1.165) is 11.0 Å². The van der Waals surface area contributed by atoms with Crippen molar-refractivity contribution in [3.8, 4) is 0 Å².